The minimum Gasteiger partial charge on any atom is -0.495 e. The van der Waals surface area contributed by atoms with Gasteiger partial charge in [-0.1, -0.05) is 0 Å². The summed E-state index contributed by atoms with van der Waals surface area (Å²) in [6.07, 6.45) is 2.87. The number of nitrogens with zero attached hydrogens (tertiary/aromatic N) is 3. The molecule has 20 nitrogen and oxygen atoms in total. The number of methoxy groups -OCH3 is 3. The number of rotatable bonds is 6. The van der Waals surface area contributed by atoms with Crippen molar-refractivity contribution >= 4 is 30.0 Å². The van der Waals surface area contributed by atoms with Crippen molar-refractivity contribution in [3.63, 3.8) is 0 Å². The van der Waals surface area contributed by atoms with E-state index in [0.29, 0.717) is 17.2 Å². The van der Waals surface area contributed by atoms with Crippen LogP contribution in [-0.2, 0) is 9.47 Å². The second-order valence-electron chi connectivity index (χ2n) is 11.3. The van der Waals surface area contributed by atoms with E-state index in [1.54, 1.807) is 59.7 Å². The van der Waals surface area contributed by atoms with Crippen LogP contribution < -0.4 is 47.6 Å². The van der Waals surface area contributed by atoms with Crippen LogP contribution in [0.1, 0.15) is 73.0 Å². The van der Waals surface area contributed by atoms with Gasteiger partial charge in [-0.05, 0) is 77.9 Å². The van der Waals surface area contributed by atoms with Crippen LogP contribution in [0.25, 0.3) is 0 Å². The Morgan fingerprint density at radius 2 is 0.941 bits per heavy atom. The molecule has 0 radical (unpaired) electrons. The fourth-order valence-corrected chi connectivity index (χ4v) is 2.76. The maximum absolute atomic E-state index is 11.6. The van der Waals surface area contributed by atoms with Gasteiger partial charge >= 0.3 is 18.2 Å². The third-order valence-corrected chi connectivity index (χ3v) is 4.93. The number of aromatic carboxylic acids is 1. The molecule has 9 N–H and O–H groups in total. The second kappa shape index (κ2) is 22.4. The lowest BCUT2D eigenvalue weighted by molar-refractivity contribution is 0.0481. The van der Waals surface area contributed by atoms with Gasteiger partial charge in [0.15, 0.2) is 0 Å². The monoisotopic (exact) mass is 719 g/mol. The van der Waals surface area contributed by atoms with E-state index in [1.165, 1.54) is 58.1 Å². The molecule has 0 spiro atoms. The van der Waals surface area contributed by atoms with Crippen LogP contribution in [0, 0.1) is 0 Å². The number of ether oxygens (including phenoxy) is 5. The standard InChI is InChI=1S/C12H17N3O4.C7H9N3O2.C7H7NO3.C5H12N2O2/c1-12(2,3)19-11(17)15-14-10(16)9-6-5-8(18-4)7-13-9;1-12-5-2-3-6(9-4-5)7(11)10-8;1-11-5-2-3-6(7(9)10)8-4-5;1-5(2,3)9-4(8)7-6/h5-7H,1-4H3,(H,14,16)(H,15,17);2-4H,8H2,1H3,(H,10,11);2-4H,1H3,(H,9,10);6H2,1-3H3,(H,7,8). The van der Waals surface area contributed by atoms with Gasteiger partial charge in [0.25, 0.3) is 11.8 Å². The number of hydrogen-bond donors (Lipinski definition) is 7. The molecule has 3 aromatic rings. The maximum atomic E-state index is 11.6. The maximum Gasteiger partial charge on any atom is 0.426 e. The van der Waals surface area contributed by atoms with Gasteiger partial charge < -0.3 is 28.8 Å². The number of aromatic nitrogens is 3. The van der Waals surface area contributed by atoms with Gasteiger partial charge in [-0.2, -0.15) is 0 Å². The topological polar surface area (TPSA) is 291 Å². The van der Waals surface area contributed by atoms with E-state index in [-0.39, 0.29) is 17.1 Å². The number of nitrogens with two attached hydrogens (primary N) is 2. The van der Waals surface area contributed by atoms with Gasteiger partial charge in [0.2, 0.25) is 0 Å². The van der Waals surface area contributed by atoms with Gasteiger partial charge in [0.1, 0.15) is 45.5 Å². The lowest BCUT2D eigenvalue weighted by atomic mass is 10.2. The summed E-state index contributed by atoms with van der Waals surface area (Å²) in [6.45, 7) is 10.5. The zero-order valence-electron chi connectivity index (χ0n) is 29.7. The summed E-state index contributed by atoms with van der Waals surface area (Å²) in [5, 5.41) is 8.45. The van der Waals surface area contributed by atoms with Crippen molar-refractivity contribution in [3.05, 3.63) is 72.1 Å². The fourth-order valence-electron chi connectivity index (χ4n) is 2.76. The molecule has 4 amide bonds. The van der Waals surface area contributed by atoms with Crippen molar-refractivity contribution < 1.29 is 52.8 Å². The highest BCUT2D eigenvalue weighted by atomic mass is 16.6. The molecule has 0 unspecified atom stereocenters. The summed E-state index contributed by atoms with van der Waals surface area (Å²) in [5.41, 5.74) is 7.49. The summed E-state index contributed by atoms with van der Waals surface area (Å²) in [6, 6.07) is 9.18. The lowest BCUT2D eigenvalue weighted by Gasteiger charge is -2.19. The number of carbonyl (C=O) groups is 5. The first-order valence-corrected chi connectivity index (χ1v) is 14.5. The van der Waals surface area contributed by atoms with Crippen LogP contribution >= 0.6 is 0 Å². The van der Waals surface area contributed by atoms with Crippen LogP contribution in [0.4, 0.5) is 9.59 Å². The van der Waals surface area contributed by atoms with E-state index in [1.807, 2.05) is 10.9 Å². The number of carboxylic acids is 1. The van der Waals surface area contributed by atoms with Gasteiger partial charge in [0, 0.05) is 0 Å². The molecular formula is C31H45N9O11. The largest absolute Gasteiger partial charge is 0.495 e. The number of carbonyl (C=O) groups excluding carboxylic acids is 4. The predicted molar refractivity (Wildman–Crippen MR) is 181 cm³/mol. The molecule has 51 heavy (non-hydrogen) atoms. The molecule has 0 saturated carbocycles. The van der Waals surface area contributed by atoms with Crippen LogP contribution in [0.3, 0.4) is 0 Å². The van der Waals surface area contributed by atoms with Gasteiger partial charge in [-0.25, -0.2) is 46.4 Å². The van der Waals surface area contributed by atoms with Crippen molar-refractivity contribution in [2.75, 3.05) is 21.3 Å². The van der Waals surface area contributed by atoms with E-state index < -0.39 is 41.2 Å². The van der Waals surface area contributed by atoms with E-state index in [2.05, 4.69) is 25.8 Å². The number of amides is 4. The number of carboxylic acid groups (broad SMARTS) is 1. The Kier molecular flexibility index (Phi) is 19.6. The van der Waals surface area contributed by atoms with Gasteiger partial charge in [0.05, 0.1) is 39.9 Å². The molecular weight excluding hydrogens is 674 g/mol. The summed E-state index contributed by atoms with van der Waals surface area (Å²) in [4.78, 5) is 65.8. The molecule has 3 rings (SSSR count). The molecule has 0 aliphatic carbocycles. The molecule has 0 aliphatic rings. The van der Waals surface area contributed by atoms with Crippen LogP contribution in [-0.4, -0.2) is 82.6 Å². The zero-order valence-corrected chi connectivity index (χ0v) is 29.7. The van der Waals surface area contributed by atoms with E-state index in [4.69, 9.17) is 40.5 Å². The number of nitrogen functional groups attached to an aromatic ring is 1. The van der Waals surface area contributed by atoms with Gasteiger partial charge in [-0.15, -0.1) is 0 Å². The molecule has 3 heterocycles. The Bertz CT molecular complexity index is 1530. The quantitative estimate of drug-likeness (QED) is 0.109. The Labute approximate surface area is 294 Å². The Morgan fingerprint density at radius 3 is 1.22 bits per heavy atom. The molecule has 0 atom stereocenters. The lowest BCUT2D eigenvalue weighted by Crippen LogP contribution is -2.44. The van der Waals surface area contributed by atoms with E-state index in [0.717, 1.165) is 0 Å². The normalized spacial score (nSPS) is 9.94. The smallest absolute Gasteiger partial charge is 0.426 e. The Morgan fingerprint density at radius 1 is 0.569 bits per heavy atom. The first-order valence-electron chi connectivity index (χ1n) is 14.5. The van der Waals surface area contributed by atoms with Crippen LogP contribution in [0.2, 0.25) is 0 Å². The summed E-state index contributed by atoms with van der Waals surface area (Å²) in [5.74, 6) is 9.35. The molecule has 20 heteroatoms. The number of pyridine rings is 3. The van der Waals surface area contributed by atoms with Crippen molar-refractivity contribution in [2.45, 2.75) is 52.7 Å². The zero-order chi connectivity index (χ0) is 39.2. The minimum atomic E-state index is -1.03. The molecule has 0 bridgehead atoms. The second-order valence-corrected chi connectivity index (χ2v) is 11.3. The van der Waals surface area contributed by atoms with Crippen molar-refractivity contribution in [3.8, 4) is 17.2 Å². The average molecular weight is 720 g/mol. The molecule has 0 aliphatic heterocycles. The van der Waals surface area contributed by atoms with E-state index in [9.17, 15) is 24.0 Å². The van der Waals surface area contributed by atoms with Crippen LogP contribution in [0.5, 0.6) is 17.2 Å². The first kappa shape index (κ1) is 44.7. The van der Waals surface area contributed by atoms with Crippen molar-refractivity contribution in [2.24, 2.45) is 11.7 Å². The highest BCUT2D eigenvalue weighted by molar-refractivity contribution is 5.93. The predicted octanol–water partition coefficient (Wildman–Crippen LogP) is 2.13. The van der Waals surface area contributed by atoms with Crippen molar-refractivity contribution in [1.82, 2.24) is 36.7 Å². The Hall–Kier alpha value is -6.28. The number of hydrogen-bond acceptors (Lipinski definition) is 15. The molecule has 0 fully saturated rings. The fraction of sp³-hybridized carbons (Fsp3) is 0.355. The summed E-state index contributed by atoms with van der Waals surface area (Å²) >= 11 is 0. The SMILES string of the molecule is CC(C)(C)OC(=O)NN.COc1ccc(C(=O)NN)nc1.COc1ccc(C(=O)NNC(=O)OC(C)(C)C)nc1.COc1ccc(C(=O)O)nc1. The molecule has 280 valence electrons. The Balaban J connectivity index is 0.000000683. The highest BCUT2D eigenvalue weighted by Gasteiger charge is 2.17. The van der Waals surface area contributed by atoms with Crippen molar-refractivity contribution in [1.29, 1.82) is 0 Å². The summed E-state index contributed by atoms with van der Waals surface area (Å²) < 4.78 is 24.2. The molecule has 0 saturated heterocycles. The number of nitrogens with one attached hydrogen (secondary N) is 4. The molecule has 0 aromatic carbocycles. The van der Waals surface area contributed by atoms with Gasteiger partial charge in [-0.3, -0.25) is 25.9 Å². The van der Waals surface area contributed by atoms with E-state index >= 15 is 0 Å². The third-order valence-electron chi connectivity index (χ3n) is 4.93. The summed E-state index contributed by atoms with van der Waals surface area (Å²) in [7, 11) is 4.53. The minimum absolute atomic E-state index is 0.0193. The number of hydrazine groups is 3. The average Bonchev–Trinajstić information content (AvgIpc) is 3.09. The van der Waals surface area contributed by atoms with Crippen LogP contribution in [0.15, 0.2) is 55.0 Å². The molecule has 3 aromatic heterocycles. The highest BCUT2D eigenvalue weighted by Crippen LogP contribution is 2.10. The third kappa shape index (κ3) is 20.6. The first-order chi connectivity index (χ1) is 23.8.